The zero-order valence-corrected chi connectivity index (χ0v) is 9.41. The molecule has 0 aliphatic heterocycles. The van der Waals surface area contributed by atoms with Gasteiger partial charge in [0.1, 0.15) is 0 Å². The fraction of sp³-hybridized carbons (Fsp3) is 0.111. The predicted octanol–water partition coefficient (Wildman–Crippen LogP) is 0.422. The molecule has 8 heteroatoms. The first-order chi connectivity index (χ1) is 8.09. The Morgan fingerprint density at radius 1 is 1.47 bits per heavy atom. The highest BCUT2D eigenvalue weighted by molar-refractivity contribution is 7.89. The molecule has 0 amide bonds. The van der Waals surface area contributed by atoms with E-state index in [4.69, 9.17) is 0 Å². The molecule has 0 atom stereocenters. The Labute approximate surface area is 97.0 Å². The minimum Gasteiger partial charge on any atom is -0.347 e. The number of pyridine rings is 1. The van der Waals surface area contributed by atoms with Gasteiger partial charge in [-0.05, 0) is 12.1 Å². The lowest BCUT2D eigenvalue weighted by molar-refractivity contribution is 0.544. The molecule has 0 saturated carbocycles. The van der Waals surface area contributed by atoms with Crippen LogP contribution in [0.2, 0.25) is 0 Å². The zero-order chi connectivity index (χ0) is 12.3. The Kier molecular flexibility index (Phi) is 3.16. The number of nitrogens with one attached hydrogen (secondary N) is 2. The van der Waals surface area contributed by atoms with E-state index in [1.807, 2.05) is 0 Å². The molecule has 0 unspecified atom stereocenters. The molecule has 0 radical (unpaired) electrons. The molecule has 0 fully saturated rings. The van der Waals surface area contributed by atoms with Crippen LogP contribution in [-0.4, -0.2) is 23.4 Å². The van der Waals surface area contributed by atoms with Crippen LogP contribution in [0, 0.1) is 5.82 Å². The summed E-state index contributed by atoms with van der Waals surface area (Å²) in [4.78, 5) is 9.96. The molecule has 0 aliphatic carbocycles. The third-order valence-corrected chi connectivity index (χ3v) is 3.32. The monoisotopic (exact) mass is 256 g/mol. The molecule has 90 valence electrons. The number of rotatable bonds is 4. The van der Waals surface area contributed by atoms with E-state index in [9.17, 15) is 12.8 Å². The summed E-state index contributed by atoms with van der Waals surface area (Å²) in [5, 5.41) is -0.612. The van der Waals surface area contributed by atoms with Gasteiger partial charge < -0.3 is 4.98 Å². The highest BCUT2D eigenvalue weighted by atomic mass is 32.2. The number of sulfonamides is 1. The zero-order valence-electron chi connectivity index (χ0n) is 8.59. The van der Waals surface area contributed by atoms with Crippen LogP contribution in [-0.2, 0) is 16.6 Å². The number of imidazole rings is 1. The summed E-state index contributed by atoms with van der Waals surface area (Å²) in [6.45, 7) is -0.00164. The number of H-pyrrole nitrogens is 1. The van der Waals surface area contributed by atoms with Crippen LogP contribution in [0.1, 0.15) is 5.69 Å². The second-order valence-corrected chi connectivity index (χ2v) is 4.87. The quantitative estimate of drug-likeness (QED) is 0.830. The van der Waals surface area contributed by atoms with E-state index in [2.05, 4.69) is 19.7 Å². The van der Waals surface area contributed by atoms with Crippen LogP contribution in [0.4, 0.5) is 4.39 Å². The first kappa shape index (κ1) is 11.7. The number of aromatic amines is 1. The first-order valence-electron chi connectivity index (χ1n) is 4.67. The molecule has 2 aromatic rings. The molecule has 0 bridgehead atoms. The summed E-state index contributed by atoms with van der Waals surface area (Å²) in [5.41, 5.74) is 0.574. The van der Waals surface area contributed by atoms with Crippen molar-refractivity contribution in [3.8, 4) is 0 Å². The van der Waals surface area contributed by atoms with Gasteiger partial charge in [0.15, 0.2) is 5.82 Å². The van der Waals surface area contributed by atoms with Crippen molar-refractivity contribution in [3.05, 3.63) is 42.4 Å². The van der Waals surface area contributed by atoms with E-state index in [1.54, 1.807) is 0 Å². The minimum atomic E-state index is -3.95. The van der Waals surface area contributed by atoms with Crippen molar-refractivity contribution in [3.63, 3.8) is 0 Å². The molecule has 2 N–H and O–H groups in total. The summed E-state index contributed by atoms with van der Waals surface area (Å²) >= 11 is 0. The molecule has 2 heterocycles. The van der Waals surface area contributed by atoms with Gasteiger partial charge in [0.2, 0.25) is 5.03 Å². The van der Waals surface area contributed by atoms with Crippen LogP contribution in [0.25, 0.3) is 0 Å². The highest BCUT2D eigenvalue weighted by Gasteiger charge is 2.19. The van der Waals surface area contributed by atoms with Gasteiger partial charge in [0.25, 0.3) is 10.0 Å². The van der Waals surface area contributed by atoms with E-state index < -0.39 is 20.9 Å². The largest absolute Gasteiger partial charge is 0.347 e. The summed E-state index contributed by atoms with van der Waals surface area (Å²) in [7, 11) is -3.95. The van der Waals surface area contributed by atoms with Crippen LogP contribution in [0.3, 0.4) is 0 Å². The van der Waals surface area contributed by atoms with E-state index >= 15 is 0 Å². The van der Waals surface area contributed by atoms with Crippen molar-refractivity contribution in [1.82, 2.24) is 19.7 Å². The van der Waals surface area contributed by atoms with Crippen molar-refractivity contribution in [2.45, 2.75) is 11.6 Å². The Bertz CT molecular complexity index is 597. The van der Waals surface area contributed by atoms with Gasteiger partial charge in [-0.25, -0.2) is 27.5 Å². The number of hydrogen-bond acceptors (Lipinski definition) is 4. The predicted molar refractivity (Wildman–Crippen MR) is 56.8 cm³/mol. The summed E-state index contributed by atoms with van der Waals surface area (Å²) in [5.74, 6) is -0.885. The van der Waals surface area contributed by atoms with Gasteiger partial charge in [0.05, 0.1) is 12.9 Å². The van der Waals surface area contributed by atoms with Gasteiger partial charge >= 0.3 is 0 Å². The van der Waals surface area contributed by atoms with Gasteiger partial charge in [-0.1, -0.05) is 0 Å². The highest BCUT2D eigenvalue weighted by Crippen LogP contribution is 2.09. The Morgan fingerprint density at radius 3 is 2.94 bits per heavy atom. The van der Waals surface area contributed by atoms with Crippen LogP contribution in [0.15, 0.2) is 35.9 Å². The van der Waals surface area contributed by atoms with E-state index in [1.165, 1.54) is 24.8 Å². The molecule has 0 aliphatic rings. The molecular weight excluding hydrogens is 247 g/mol. The Hall–Kier alpha value is -1.80. The first-order valence-corrected chi connectivity index (χ1v) is 6.15. The van der Waals surface area contributed by atoms with Gasteiger partial charge in [-0.2, -0.15) is 0 Å². The number of hydrogen-bond donors (Lipinski definition) is 2. The van der Waals surface area contributed by atoms with E-state index in [0.29, 0.717) is 5.69 Å². The van der Waals surface area contributed by atoms with Crippen LogP contribution in [0.5, 0.6) is 0 Å². The van der Waals surface area contributed by atoms with Gasteiger partial charge in [-0.15, -0.1) is 0 Å². The molecule has 17 heavy (non-hydrogen) atoms. The number of halogens is 1. The normalized spacial score (nSPS) is 11.6. The Morgan fingerprint density at radius 2 is 2.29 bits per heavy atom. The molecule has 2 aromatic heterocycles. The lowest BCUT2D eigenvalue weighted by Gasteiger charge is -2.05. The van der Waals surface area contributed by atoms with Crippen molar-refractivity contribution in [1.29, 1.82) is 0 Å². The maximum Gasteiger partial charge on any atom is 0.261 e. The van der Waals surface area contributed by atoms with Crippen molar-refractivity contribution in [2.24, 2.45) is 0 Å². The van der Waals surface area contributed by atoms with Crippen molar-refractivity contribution in [2.75, 3.05) is 0 Å². The summed E-state index contributed by atoms with van der Waals surface area (Å²) in [6.07, 6.45) is 4.11. The standard InChI is InChI=1S/C9H9FN4O2S/c10-8-2-1-3-12-9(8)17(15,16)14-5-7-4-11-6-13-7/h1-4,6,14H,5H2,(H,11,13). The lowest BCUT2D eigenvalue weighted by atomic mass is 10.5. The molecule has 6 nitrogen and oxygen atoms in total. The molecular formula is C9H9FN4O2S. The topological polar surface area (TPSA) is 87.7 Å². The molecule has 0 aromatic carbocycles. The Balaban J connectivity index is 2.17. The molecule has 0 saturated heterocycles. The van der Waals surface area contributed by atoms with Gasteiger partial charge in [0, 0.05) is 18.1 Å². The number of nitrogens with zero attached hydrogens (tertiary/aromatic N) is 2. The number of aromatic nitrogens is 3. The van der Waals surface area contributed by atoms with Crippen LogP contribution < -0.4 is 4.72 Å². The van der Waals surface area contributed by atoms with E-state index in [-0.39, 0.29) is 6.54 Å². The fourth-order valence-corrected chi connectivity index (χ4v) is 2.20. The van der Waals surface area contributed by atoms with Crippen molar-refractivity contribution >= 4 is 10.0 Å². The second-order valence-electron chi connectivity index (χ2n) is 3.19. The smallest absolute Gasteiger partial charge is 0.261 e. The molecule has 0 spiro atoms. The molecule has 2 rings (SSSR count). The maximum absolute atomic E-state index is 13.2. The average Bonchev–Trinajstić information content (AvgIpc) is 2.80. The van der Waals surface area contributed by atoms with E-state index in [0.717, 1.165) is 6.07 Å². The average molecular weight is 256 g/mol. The summed E-state index contributed by atoms with van der Waals surface area (Å²) in [6, 6.07) is 2.36. The third kappa shape index (κ3) is 2.66. The van der Waals surface area contributed by atoms with Crippen molar-refractivity contribution < 1.29 is 12.8 Å². The third-order valence-electron chi connectivity index (χ3n) is 1.99. The van der Waals surface area contributed by atoms with Crippen LogP contribution >= 0.6 is 0 Å². The lowest BCUT2D eigenvalue weighted by Crippen LogP contribution is -2.25. The summed E-state index contributed by atoms with van der Waals surface area (Å²) < 4.78 is 38.9. The SMILES string of the molecule is O=S(=O)(NCc1cnc[nH]1)c1ncccc1F. The minimum absolute atomic E-state index is 0.00164. The van der Waals surface area contributed by atoms with Gasteiger partial charge in [-0.3, -0.25) is 0 Å². The maximum atomic E-state index is 13.2. The fourth-order valence-electron chi connectivity index (χ4n) is 1.19. The second kappa shape index (κ2) is 4.60.